The minimum Gasteiger partial charge on any atom is -1.00 e. The summed E-state index contributed by atoms with van der Waals surface area (Å²) in [4.78, 5) is 0. The number of halogens is 1. The molecule has 0 saturated heterocycles. The van der Waals surface area contributed by atoms with Crippen LogP contribution in [-0.2, 0) is 0 Å². The Morgan fingerprint density at radius 1 is 1.11 bits per heavy atom. The van der Waals surface area contributed by atoms with E-state index in [2.05, 4.69) is 19.3 Å². The molecule has 0 aliphatic rings. The maximum atomic E-state index is 2.25. The van der Waals surface area contributed by atoms with Crippen molar-refractivity contribution in [3.63, 3.8) is 0 Å². The standard InChI is InChI=1S/C7H17N.BrH/c1-3-4-5-6-7-8-2;/h8H,3-7H2,1-2H3;1H. The third kappa shape index (κ3) is 11.8. The fraction of sp³-hybridized carbons (Fsp3) is 1.00. The van der Waals surface area contributed by atoms with Crippen molar-refractivity contribution >= 4 is 0 Å². The first-order valence-corrected chi connectivity index (χ1v) is 3.69. The molecule has 9 heavy (non-hydrogen) atoms. The second-order valence-corrected chi connectivity index (χ2v) is 2.26. The Labute approximate surface area is 69.0 Å². The molecule has 0 amide bonds. The summed E-state index contributed by atoms with van der Waals surface area (Å²) in [5.41, 5.74) is 0. The van der Waals surface area contributed by atoms with Crippen molar-refractivity contribution in [2.75, 3.05) is 13.6 Å². The molecule has 0 unspecified atom stereocenters. The maximum Gasteiger partial charge on any atom is 0.0753 e. The quantitative estimate of drug-likeness (QED) is 0.479. The smallest absolute Gasteiger partial charge is 0.0753 e. The molecule has 0 rings (SSSR count). The minimum atomic E-state index is 0. The molecule has 0 radical (unpaired) electrons. The highest BCUT2D eigenvalue weighted by Crippen LogP contribution is 1.95. The minimum absolute atomic E-state index is 0. The van der Waals surface area contributed by atoms with Crippen LogP contribution < -0.4 is 22.3 Å². The Hall–Kier alpha value is 0.440. The summed E-state index contributed by atoms with van der Waals surface area (Å²) in [6, 6.07) is 0. The summed E-state index contributed by atoms with van der Waals surface area (Å²) in [7, 11) is 2.13. The van der Waals surface area contributed by atoms with E-state index in [0.29, 0.717) is 0 Å². The summed E-state index contributed by atoms with van der Waals surface area (Å²) >= 11 is 0. The zero-order valence-electron chi connectivity index (χ0n) is 6.49. The zero-order valence-corrected chi connectivity index (χ0v) is 8.08. The molecular formula is C7H18BrN. The largest absolute Gasteiger partial charge is 1.00 e. The monoisotopic (exact) mass is 195 g/mol. The highest BCUT2D eigenvalue weighted by molar-refractivity contribution is 4.35. The Morgan fingerprint density at radius 3 is 2.22 bits per heavy atom. The van der Waals surface area contributed by atoms with Crippen LogP contribution in [0.1, 0.15) is 32.6 Å². The highest BCUT2D eigenvalue weighted by atomic mass is 79.9. The SMILES string of the molecule is CCCCCC[NH2+]C.[Br-]. The van der Waals surface area contributed by atoms with Gasteiger partial charge in [-0.05, 0) is 12.8 Å². The number of unbranched alkanes of at least 4 members (excludes halogenated alkanes) is 3. The lowest BCUT2D eigenvalue weighted by Gasteiger charge is -1.93. The van der Waals surface area contributed by atoms with Crippen molar-refractivity contribution in [2.45, 2.75) is 32.6 Å². The summed E-state index contributed by atoms with van der Waals surface area (Å²) in [5, 5.41) is 2.25. The molecule has 0 fully saturated rings. The lowest BCUT2D eigenvalue weighted by Crippen LogP contribution is -3.00. The average Bonchev–Trinajstić information content (AvgIpc) is 1.81. The number of quaternary nitrogens is 1. The van der Waals surface area contributed by atoms with Crippen LogP contribution in [0.25, 0.3) is 0 Å². The molecule has 0 saturated carbocycles. The van der Waals surface area contributed by atoms with Crippen molar-refractivity contribution in [3.8, 4) is 0 Å². The summed E-state index contributed by atoms with van der Waals surface area (Å²) in [6.45, 7) is 3.55. The van der Waals surface area contributed by atoms with Crippen molar-refractivity contribution in [1.29, 1.82) is 0 Å². The molecule has 0 aromatic heterocycles. The van der Waals surface area contributed by atoms with E-state index in [1.807, 2.05) is 0 Å². The normalized spacial score (nSPS) is 8.67. The highest BCUT2D eigenvalue weighted by Gasteiger charge is 1.84. The van der Waals surface area contributed by atoms with Gasteiger partial charge in [-0.3, -0.25) is 0 Å². The van der Waals surface area contributed by atoms with Gasteiger partial charge in [0.2, 0.25) is 0 Å². The maximum absolute atomic E-state index is 2.25. The van der Waals surface area contributed by atoms with Gasteiger partial charge in [0.15, 0.2) is 0 Å². The summed E-state index contributed by atoms with van der Waals surface area (Å²) in [6.07, 6.45) is 5.57. The van der Waals surface area contributed by atoms with Crippen molar-refractivity contribution in [1.82, 2.24) is 0 Å². The molecule has 0 heterocycles. The van der Waals surface area contributed by atoms with Gasteiger partial charge in [0, 0.05) is 0 Å². The van der Waals surface area contributed by atoms with E-state index in [0.717, 1.165) is 0 Å². The van der Waals surface area contributed by atoms with Gasteiger partial charge in [0.1, 0.15) is 0 Å². The molecule has 0 aliphatic carbocycles. The van der Waals surface area contributed by atoms with Gasteiger partial charge in [0.25, 0.3) is 0 Å². The van der Waals surface area contributed by atoms with E-state index in [-0.39, 0.29) is 17.0 Å². The number of hydrogen-bond donors (Lipinski definition) is 1. The van der Waals surface area contributed by atoms with Gasteiger partial charge in [0.05, 0.1) is 13.6 Å². The Balaban J connectivity index is 0. The van der Waals surface area contributed by atoms with Crippen LogP contribution in [0.15, 0.2) is 0 Å². The molecular weight excluding hydrogens is 178 g/mol. The van der Waals surface area contributed by atoms with Crippen LogP contribution >= 0.6 is 0 Å². The van der Waals surface area contributed by atoms with Crippen molar-refractivity contribution in [3.05, 3.63) is 0 Å². The first kappa shape index (κ1) is 12.1. The molecule has 0 aliphatic heterocycles. The number of nitrogens with two attached hydrogens (primary N) is 1. The van der Waals surface area contributed by atoms with Crippen LogP contribution in [0.2, 0.25) is 0 Å². The molecule has 0 bridgehead atoms. The molecule has 0 spiro atoms. The number of rotatable bonds is 5. The van der Waals surface area contributed by atoms with E-state index in [1.54, 1.807) is 0 Å². The van der Waals surface area contributed by atoms with Gasteiger partial charge in [-0.25, -0.2) is 0 Å². The molecule has 1 nitrogen and oxygen atoms in total. The van der Waals surface area contributed by atoms with E-state index in [1.165, 1.54) is 32.2 Å². The van der Waals surface area contributed by atoms with Gasteiger partial charge >= 0.3 is 0 Å². The molecule has 58 valence electrons. The fourth-order valence-electron chi connectivity index (χ4n) is 0.775. The lowest BCUT2D eigenvalue weighted by atomic mass is 10.2. The van der Waals surface area contributed by atoms with Crippen molar-refractivity contribution in [2.24, 2.45) is 0 Å². The van der Waals surface area contributed by atoms with Crippen molar-refractivity contribution < 1.29 is 22.3 Å². The number of hydrogen-bond acceptors (Lipinski definition) is 0. The first-order valence-electron chi connectivity index (χ1n) is 3.69. The van der Waals surface area contributed by atoms with E-state index in [9.17, 15) is 0 Å². The Kier molecular flexibility index (Phi) is 15.2. The van der Waals surface area contributed by atoms with Gasteiger partial charge < -0.3 is 22.3 Å². The summed E-state index contributed by atoms with van der Waals surface area (Å²) in [5.74, 6) is 0. The third-order valence-electron chi connectivity index (χ3n) is 1.35. The molecule has 0 aromatic rings. The Bertz CT molecular complexity index is 33.9. The van der Waals surface area contributed by atoms with Gasteiger partial charge in [-0.15, -0.1) is 0 Å². The third-order valence-corrected chi connectivity index (χ3v) is 1.35. The van der Waals surface area contributed by atoms with Gasteiger partial charge in [-0.2, -0.15) is 0 Å². The molecule has 2 N–H and O–H groups in total. The lowest BCUT2D eigenvalue weighted by molar-refractivity contribution is -0.627. The van der Waals surface area contributed by atoms with E-state index >= 15 is 0 Å². The second-order valence-electron chi connectivity index (χ2n) is 2.26. The predicted molar refractivity (Wildman–Crippen MR) is 36.9 cm³/mol. The first-order chi connectivity index (χ1) is 3.91. The molecule has 0 aromatic carbocycles. The van der Waals surface area contributed by atoms with Crippen LogP contribution in [0.4, 0.5) is 0 Å². The van der Waals surface area contributed by atoms with Crippen LogP contribution in [0.5, 0.6) is 0 Å². The second kappa shape index (κ2) is 11.3. The molecule has 0 atom stereocenters. The van der Waals surface area contributed by atoms with Gasteiger partial charge in [-0.1, -0.05) is 19.8 Å². The summed E-state index contributed by atoms with van der Waals surface area (Å²) < 4.78 is 0. The van der Waals surface area contributed by atoms with Crippen LogP contribution in [0, 0.1) is 0 Å². The van der Waals surface area contributed by atoms with Crippen LogP contribution in [-0.4, -0.2) is 13.6 Å². The topological polar surface area (TPSA) is 16.6 Å². The van der Waals surface area contributed by atoms with E-state index in [4.69, 9.17) is 0 Å². The fourth-order valence-corrected chi connectivity index (χ4v) is 0.775. The predicted octanol–water partition coefficient (Wildman–Crippen LogP) is -2.24. The van der Waals surface area contributed by atoms with Crippen LogP contribution in [0.3, 0.4) is 0 Å². The molecule has 2 heteroatoms. The Morgan fingerprint density at radius 2 is 1.78 bits per heavy atom. The average molecular weight is 196 g/mol. The van der Waals surface area contributed by atoms with E-state index < -0.39 is 0 Å². The zero-order chi connectivity index (χ0) is 6.24.